The van der Waals surface area contributed by atoms with Gasteiger partial charge in [-0.3, -0.25) is 4.52 Å². The van der Waals surface area contributed by atoms with Gasteiger partial charge in [0.2, 0.25) is 0 Å². The zero-order valence-electron chi connectivity index (χ0n) is 6.63. The van der Waals surface area contributed by atoms with Crippen LogP contribution in [0.5, 0.6) is 5.75 Å². The van der Waals surface area contributed by atoms with Crippen LogP contribution in [0.2, 0.25) is 0 Å². The third kappa shape index (κ3) is 3.88. The van der Waals surface area contributed by atoms with E-state index in [0.717, 1.165) is 0 Å². The summed E-state index contributed by atoms with van der Waals surface area (Å²) in [5.74, 6) is 0.652. The molecule has 0 amide bonds. The van der Waals surface area contributed by atoms with E-state index in [0.29, 0.717) is 5.75 Å². The van der Waals surface area contributed by atoms with Crippen LogP contribution >= 0.6 is 8.69 Å². The van der Waals surface area contributed by atoms with Crippen LogP contribution in [0.1, 0.15) is 5.56 Å². The van der Waals surface area contributed by atoms with Gasteiger partial charge in [-0.25, -0.2) is 0 Å². The van der Waals surface area contributed by atoms with Gasteiger partial charge >= 0.3 is 8.69 Å². The van der Waals surface area contributed by atoms with E-state index >= 15 is 0 Å². The fourth-order valence-electron chi connectivity index (χ4n) is 0.654. The van der Waals surface area contributed by atoms with E-state index in [4.69, 9.17) is 4.52 Å². The van der Waals surface area contributed by atoms with E-state index in [1.807, 2.05) is 19.1 Å². The number of hydrogen-bond donors (Lipinski definition) is 0. The normalized spacial score (nSPS) is 8.82. The molecule has 0 aromatic heterocycles. The molecule has 53 valence electrons. The maximum Gasteiger partial charge on any atom is 0.542 e. The molecule has 0 fully saturated rings. The molecule has 1 aromatic carbocycles. The Bertz CT molecular complexity index is 222. The third-order valence-corrected chi connectivity index (χ3v) is 1.50. The first-order chi connectivity index (χ1) is 4.83. The standard InChI is InChI=1S/C7H8O2P.Na/c1-6-2-4-7(5-3-6)9-10-8;/h2-5,10H,1H3;/q+1;. The second kappa shape index (κ2) is 5.73. The maximum atomic E-state index is 9.99. The van der Waals surface area contributed by atoms with Crippen molar-refractivity contribution in [1.82, 2.24) is 0 Å². The molecule has 4 heteroatoms. The van der Waals surface area contributed by atoms with Gasteiger partial charge in [-0.1, -0.05) is 17.7 Å². The third-order valence-electron chi connectivity index (χ3n) is 1.18. The molecule has 1 atom stereocenters. The summed E-state index contributed by atoms with van der Waals surface area (Å²) in [6.07, 6.45) is 0. The van der Waals surface area contributed by atoms with Gasteiger partial charge in [-0.15, -0.1) is 0 Å². The summed E-state index contributed by atoms with van der Waals surface area (Å²) in [6, 6.07) is 7.41. The van der Waals surface area contributed by atoms with Crippen molar-refractivity contribution in [2.45, 2.75) is 6.92 Å². The van der Waals surface area contributed by atoms with Gasteiger partial charge in [-0.05, 0) is 23.6 Å². The second-order valence-electron chi connectivity index (χ2n) is 2.00. The van der Waals surface area contributed by atoms with Crippen molar-refractivity contribution in [2.75, 3.05) is 0 Å². The molecule has 0 bridgehead atoms. The molecule has 0 aliphatic carbocycles. The largest absolute Gasteiger partial charge is 0.542 e. The summed E-state index contributed by atoms with van der Waals surface area (Å²) in [6.45, 7) is 1.99. The van der Waals surface area contributed by atoms with Gasteiger partial charge in [0.25, 0.3) is 0 Å². The summed E-state index contributed by atoms with van der Waals surface area (Å²) >= 11 is 0. The average molecular weight is 178 g/mol. The Kier molecular flexibility index (Phi) is 5.79. The van der Waals surface area contributed by atoms with Crippen molar-refractivity contribution in [2.24, 2.45) is 0 Å². The van der Waals surface area contributed by atoms with Crippen LogP contribution in [0.4, 0.5) is 0 Å². The van der Waals surface area contributed by atoms with Gasteiger partial charge in [0, 0.05) is 29.6 Å². The summed E-state index contributed by atoms with van der Waals surface area (Å²) in [5, 5.41) is 0. The molecule has 11 heavy (non-hydrogen) atoms. The first kappa shape index (κ1) is 11.1. The van der Waals surface area contributed by atoms with Crippen molar-refractivity contribution < 1.29 is 9.09 Å². The first-order valence-electron chi connectivity index (χ1n) is 2.93. The molecular weight excluding hydrogens is 170 g/mol. The molecular formula is C7H8NaO2P+. The number of aryl methyl sites for hydroxylation is 1. The predicted octanol–water partition coefficient (Wildman–Crippen LogP) is 1.93. The Hall–Kier alpha value is 0.120. The Morgan fingerprint density at radius 3 is 2.27 bits per heavy atom. The van der Waals surface area contributed by atoms with E-state index in [1.165, 1.54) is 5.56 Å². The zero-order valence-corrected chi connectivity index (χ0v) is 9.63. The van der Waals surface area contributed by atoms with Gasteiger partial charge < -0.3 is 0 Å². The molecule has 0 saturated heterocycles. The van der Waals surface area contributed by atoms with E-state index in [1.54, 1.807) is 12.1 Å². The van der Waals surface area contributed by atoms with Crippen LogP contribution in [0.15, 0.2) is 24.3 Å². The molecule has 1 radical (unpaired) electrons. The molecule has 1 aromatic rings. The maximum absolute atomic E-state index is 9.99. The van der Waals surface area contributed by atoms with E-state index in [9.17, 15) is 4.57 Å². The fraction of sp³-hybridized carbons (Fsp3) is 0.143. The van der Waals surface area contributed by atoms with Gasteiger partial charge in [0.05, 0.1) is 0 Å². The van der Waals surface area contributed by atoms with Crippen LogP contribution in [-0.4, -0.2) is 29.6 Å². The quantitative estimate of drug-likeness (QED) is 0.511. The fourth-order valence-corrected chi connectivity index (χ4v) is 0.887. The Balaban J connectivity index is 0.000001000. The minimum atomic E-state index is -0.718. The second-order valence-corrected chi connectivity index (χ2v) is 2.37. The zero-order chi connectivity index (χ0) is 7.40. The van der Waals surface area contributed by atoms with Crippen LogP contribution in [0.25, 0.3) is 0 Å². The van der Waals surface area contributed by atoms with E-state index in [-0.39, 0.29) is 29.6 Å². The number of rotatable bonds is 2. The predicted molar refractivity (Wildman–Crippen MR) is 46.6 cm³/mol. The molecule has 0 aliphatic heterocycles. The molecule has 1 unspecified atom stereocenters. The SMILES string of the molecule is Cc1ccc(O[PH+]=O)cc1.[Na]. The van der Waals surface area contributed by atoms with Crippen molar-refractivity contribution >= 4 is 38.2 Å². The summed E-state index contributed by atoms with van der Waals surface area (Å²) in [7, 11) is -0.718. The molecule has 0 saturated carbocycles. The van der Waals surface area contributed by atoms with Gasteiger partial charge in [0.15, 0.2) is 5.75 Å². The molecule has 0 aliphatic rings. The van der Waals surface area contributed by atoms with Crippen molar-refractivity contribution in [1.29, 1.82) is 0 Å². The Labute approximate surface area is 89.5 Å². The van der Waals surface area contributed by atoms with Crippen molar-refractivity contribution in [3.63, 3.8) is 0 Å². The molecule has 0 N–H and O–H groups in total. The smallest absolute Gasteiger partial charge is 0.256 e. The molecule has 0 heterocycles. The van der Waals surface area contributed by atoms with E-state index < -0.39 is 8.69 Å². The van der Waals surface area contributed by atoms with Crippen LogP contribution in [0.3, 0.4) is 0 Å². The minimum absolute atomic E-state index is 0. The average Bonchev–Trinajstić information content (AvgIpc) is 1.95. The monoisotopic (exact) mass is 178 g/mol. The summed E-state index contributed by atoms with van der Waals surface area (Å²) in [5.41, 5.74) is 1.17. The van der Waals surface area contributed by atoms with Crippen molar-refractivity contribution in [3.05, 3.63) is 29.8 Å². The molecule has 0 spiro atoms. The van der Waals surface area contributed by atoms with E-state index in [2.05, 4.69) is 0 Å². The van der Waals surface area contributed by atoms with Crippen LogP contribution < -0.4 is 4.52 Å². The topological polar surface area (TPSA) is 26.3 Å². The summed E-state index contributed by atoms with van der Waals surface area (Å²) < 4.78 is 14.7. The molecule has 1 rings (SSSR count). The first-order valence-corrected chi connectivity index (χ1v) is 3.75. The number of benzene rings is 1. The van der Waals surface area contributed by atoms with Gasteiger partial charge in [-0.2, -0.15) is 0 Å². The van der Waals surface area contributed by atoms with Crippen LogP contribution in [0, 0.1) is 6.92 Å². The molecule has 2 nitrogen and oxygen atoms in total. The Morgan fingerprint density at radius 1 is 1.27 bits per heavy atom. The minimum Gasteiger partial charge on any atom is -0.256 e. The number of hydrogen-bond acceptors (Lipinski definition) is 2. The van der Waals surface area contributed by atoms with Gasteiger partial charge in [0.1, 0.15) is 0 Å². The van der Waals surface area contributed by atoms with Crippen LogP contribution in [-0.2, 0) is 4.57 Å². The Morgan fingerprint density at radius 2 is 1.82 bits per heavy atom. The van der Waals surface area contributed by atoms with Crippen molar-refractivity contribution in [3.8, 4) is 5.75 Å². The summed E-state index contributed by atoms with van der Waals surface area (Å²) in [4.78, 5) is 0.